The van der Waals surface area contributed by atoms with Gasteiger partial charge in [-0.1, -0.05) is 12.8 Å². The van der Waals surface area contributed by atoms with Gasteiger partial charge in [-0.3, -0.25) is 24.8 Å². The van der Waals surface area contributed by atoms with Gasteiger partial charge in [0, 0.05) is 12.8 Å². The van der Waals surface area contributed by atoms with E-state index in [9.17, 15) is 9.59 Å². The van der Waals surface area contributed by atoms with Gasteiger partial charge < -0.3 is 4.74 Å². The number of carbonyl (C=O) groups is 2. The number of Topliss-reactive ketones (excluding diaryl/α,β-unsaturated/α-hetero) is 1. The lowest BCUT2D eigenvalue weighted by Crippen LogP contribution is -2.61. The van der Waals surface area contributed by atoms with Crippen LogP contribution in [0.1, 0.15) is 85.0 Å². The van der Waals surface area contributed by atoms with E-state index in [4.69, 9.17) is 4.74 Å². The van der Waals surface area contributed by atoms with Crippen molar-refractivity contribution < 1.29 is 18.9 Å². The van der Waals surface area contributed by atoms with Crippen molar-refractivity contribution in [2.75, 3.05) is 0 Å². The Morgan fingerprint density at radius 1 is 1.15 bits per heavy atom. The van der Waals surface area contributed by atoms with E-state index in [1.165, 1.54) is 51.4 Å². The topological polar surface area (TPSA) is 70.4 Å². The number of ketones is 1. The van der Waals surface area contributed by atoms with Crippen molar-refractivity contribution in [3.8, 4) is 0 Å². The van der Waals surface area contributed by atoms with Gasteiger partial charge in [-0.25, -0.2) is 0 Å². The highest BCUT2D eigenvalue weighted by molar-refractivity contribution is 5.94. The molecule has 0 bridgehead atoms. The summed E-state index contributed by atoms with van der Waals surface area (Å²) in [6.07, 6.45) is 10.5. The van der Waals surface area contributed by atoms with Crippen LogP contribution in [0, 0.1) is 0 Å². The van der Waals surface area contributed by atoms with Crippen molar-refractivity contribution in [1.29, 1.82) is 0 Å². The van der Waals surface area contributed by atoms with Gasteiger partial charge >= 0.3 is 11.9 Å². The fraction of sp³-hybridized carbons (Fsp3) is 0.857. The molecule has 1 saturated heterocycles. The molecule has 3 aliphatic rings. The van der Waals surface area contributed by atoms with Crippen molar-refractivity contribution in [2.24, 2.45) is 0 Å². The minimum Gasteiger partial charge on any atom is -0.462 e. The van der Waals surface area contributed by atoms with Crippen molar-refractivity contribution >= 4 is 17.7 Å². The number of esters is 1. The summed E-state index contributed by atoms with van der Waals surface area (Å²) in [5, 5.41) is 7.42. The Hall–Kier alpha value is -1.59. The van der Waals surface area contributed by atoms with Gasteiger partial charge in [0.1, 0.15) is 12.2 Å². The Morgan fingerprint density at radius 2 is 1.89 bits per heavy atom. The second-order valence-electron chi connectivity index (χ2n) is 8.82. The molecular weight excluding hydrogens is 342 g/mol. The lowest BCUT2D eigenvalue weighted by molar-refractivity contribution is -0.593. The first kappa shape index (κ1) is 20.2. The average molecular weight is 379 g/mol. The van der Waals surface area contributed by atoms with Gasteiger partial charge in [-0.2, -0.15) is 0 Å². The smallest absolute Gasteiger partial charge is 0.346 e. The van der Waals surface area contributed by atoms with Crippen LogP contribution >= 0.6 is 0 Å². The number of nitrogens with zero attached hydrogens (tertiary/aromatic N) is 1. The third-order valence-electron chi connectivity index (χ3n) is 6.17. The predicted molar refractivity (Wildman–Crippen MR) is 105 cm³/mol. The highest BCUT2D eigenvalue weighted by atomic mass is 16.5. The van der Waals surface area contributed by atoms with Crippen LogP contribution in [0.4, 0.5) is 0 Å². The van der Waals surface area contributed by atoms with Crippen molar-refractivity contribution in [2.45, 2.75) is 115 Å². The van der Waals surface area contributed by atoms with Gasteiger partial charge in [-0.15, -0.1) is 0 Å². The second-order valence-corrected chi connectivity index (χ2v) is 8.82. The maximum Gasteiger partial charge on any atom is 0.346 e. The molecule has 2 N–H and O–H groups in total. The zero-order chi connectivity index (χ0) is 19.4. The van der Waals surface area contributed by atoms with E-state index < -0.39 is 5.97 Å². The van der Waals surface area contributed by atoms with Crippen LogP contribution in [0.5, 0.6) is 0 Å². The molecule has 6 nitrogen and oxygen atoms in total. The average Bonchev–Trinajstić information content (AvgIpc) is 2.97. The highest BCUT2D eigenvalue weighted by Gasteiger charge is 2.44. The molecule has 0 spiro atoms. The molecule has 0 aromatic heterocycles. The number of rotatable bonds is 9. The van der Waals surface area contributed by atoms with E-state index >= 15 is 0 Å². The maximum absolute atomic E-state index is 11.5. The molecule has 3 aliphatic heterocycles. The monoisotopic (exact) mass is 378 g/mol. The fourth-order valence-electron chi connectivity index (χ4n) is 4.98. The molecule has 3 rings (SSSR count). The molecule has 0 aromatic rings. The Bertz CT molecular complexity index is 589. The second kappa shape index (κ2) is 9.07. The van der Waals surface area contributed by atoms with E-state index in [1.807, 2.05) is 6.92 Å². The summed E-state index contributed by atoms with van der Waals surface area (Å²) in [6.45, 7) is 5.61. The fourth-order valence-corrected chi connectivity index (χ4v) is 4.98. The van der Waals surface area contributed by atoms with Gasteiger partial charge in [0.15, 0.2) is 0 Å². The quantitative estimate of drug-likeness (QED) is 0.279. The molecule has 3 heterocycles. The number of hydrogen-bond acceptors (Lipinski definition) is 5. The minimum atomic E-state index is -0.396. The number of nitrogens with one attached hydrogen (secondary N) is 2. The molecule has 6 heteroatoms. The molecule has 0 aliphatic carbocycles. The molecule has 152 valence electrons. The first-order chi connectivity index (χ1) is 12.9. The zero-order valence-corrected chi connectivity index (χ0v) is 17.1. The Balaban J connectivity index is 1.33. The number of hydrogen-bond donors (Lipinski definition) is 2. The third-order valence-corrected chi connectivity index (χ3v) is 6.17. The predicted octanol–water partition coefficient (Wildman–Crippen LogP) is 2.49. The van der Waals surface area contributed by atoms with Gasteiger partial charge in [-0.05, 0) is 52.9 Å². The molecule has 1 fully saturated rings. The first-order valence-electron chi connectivity index (χ1n) is 10.8. The first-order valence-corrected chi connectivity index (χ1v) is 10.8. The van der Waals surface area contributed by atoms with E-state index in [0.717, 1.165) is 31.3 Å². The lowest BCUT2D eigenvalue weighted by atomic mass is 9.97. The summed E-state index contributed by atoms with van der Waals surface area (Å²) in [5.41, 5.74) is 0. The van der Waals surface area contributed by atoms with Crippen LogP contribution in [0.25, 0.3) is 0 Å². The normalized spacial score (nSPS) is 30.2. The van der Waals surface area contributed by atoms with E-state index in [0.29, 0.717) is 12.1 Å². The summed E-state index contributed by atoms with van der Waals surface area (Å²) in [5.74, 6) is 0.745. The molecule has 27 heavy (non-hydrogen) atoms. The van der Waals surface area contributed by atoms with Gasteiger partial charge in [0.25, 0.3) is 0 Å². The van der Waals surface area contributed by atoms with Crippen molar-refractivity contribution in [3.63, 3.8) is 0 Å². The number of carbonyl (C=O) groups excluding carboxylic acids is 2. The molecule has 0 aromatic carbocycles. The molecule has 0 saturated carbocycles. The highest BCUT2D eigenvalue weighted by Crippen LogP contribution is 2.31. The van der Waals surface area contributed by atoms with E-state index in [-0.39, 0.29) is 18.3 Å². The summed E-state index contributed by atoms with van der Waals surface area (Å²) < 4.78 is 7.89. The lowest BCUT2D eigenvalue weighted by Gasteiger charge is -2.35. The largest absolute Gasteiger partial charge is 0.462 e. The molecular formula is C21H36N3O3+. The number of unbranched alkanes of at least 4 members (excludes halogenated alkanes) is 2. The minimum absolute atomic E-state index is 0.0999. The van der Waals surface area contributed by atoms with Gasteiger partial charge in [0.05, 0.1) is 30.3 Å². The summed E-state index contributed by atoms with van der Waals surface area (Å²) in [4.78, 5) is 22.4. The molecule has 0 unspecified atom stereocenters. The standard InChI is InChI=1S/C21H35N3O3/c1-14-11-18-9-10-19-13-17(23-21(22-14)24(18)19)8-6-4-5-7-16(3)27-20(26)12-15(2)25/h14,16-19H,4-13H2,1-3H3,(H,22,23)/p+1/t14-,16-,17+,18+,19-/m0/s1. The van der Waals surface area contributed by atoms with Crippen LogP contribution in [-0.2, 0) is 14.3 Å². The Kier molecular flexibility index (Phi) is 6.77. The SMILES string of the molecule is CC(=O)CC(=O)O[C@@H](C)CCCCC[C@@H]1C[C@@H]2CC[C@@H]3C[C@H](C)NC(=[N+]32)N1. The van der Waals surface area contributed by atoms with Gasteiger partial charge in [0.2, 0.25) is 0 Å². The van der Waals surface area contributed by atoms with Crippen molar-refractivity contribution in [1.82, 2.24) is 10.6 Å². The summed E-state index contributed by atoms with van der Waals surface area (Å²) >= 11 is 0. The van der Waals surface area contributed by atoms with E-state index in [1.54, 1.807) is 0 Å². The van der Waals surface area contributed by atoms with Crippen LogP contribution in [-0.4, -0.2) is 52.6 Å². The maximum atomic E-state index is 11.5. The molecule has 0 radical (unpaired) electrons. The zero-order valence-electron chi connectivity index (χ0n) is 17.1. The number of ether oxygens (including phenoxy) is 1. The van der Waals surface area contributed by atoms with E-state index in [2.05, 4.69) is 22.1 Å². The van der Waals surface area contributed by atoms with Crippen LogP contribution in [0.15, 0.2) is 0 Å². The van der Waals surface area contributed by atoms with Crippen molar-refractivity contribution in [3.05, 3.63) is 0 Å². The summed E-state index contributed by atoms with van der Waals surface area (Å²) in [7, 11) is 0. The molecule has 0 amide bonds. The Labute approximate surface area is 163 Å². The van der Waals surface area contributed by atoms with Crippen LogP contribution in [0.2, 0.25) is 0 Å². The summed E-state index contributed by atoms with van der Waals surface area (Å²) in [6, 6.07) is 2.60. The third kappa shape index (κ3) is 5.45. The Morgan fingerprint density at radius 3 is 2.63 bits per heavy atom. The molecule has 5 atom stereocenters. The van der Waals surface area contributed by atoms with Crippen LogP contribution < -0.4 is 10.6 Å². The number of guanidine groups is 1. The van der Waals surface area contributed by atoms with Crippen LogP contribution in [0.3, 0.4) is 0 Å².